The number of hydrogen-bond acceptors (Lipinski definition) is 6. The van der Waals surface area contributed by atoms with Gasteiger partial charge in [0.2, 0.25) is 0 Å². The van der Waals surface area contributed by atoms with Crippen LogP contribution in [0.25, 0.3) is 6.08 Å². The second-order valence-corrected chi connectivity index (χ2v) is 5.11. The van der Waals surface area contributed by atoms with Crippen LogP contribution in [-0.4, -0.2) is 25.7 Å². The van der Waals surface area contributed by atoms with Gasteiger partial charge in [-0.15, -0.1) is 10.2 Å². The summed E-state index contributed by atoms with van der Waals surface area (Å²) in [5, 5.41) is 18.7. The van der Waals surface area contributed by atoms with Gasteiger partial charge in [-0.3, -0.25) is 10.1 Å². The third kappa shape index (κ3) is 4.48. The topological polar surface area (TPSA) is 100 Å². The lowest BCUT2D eigenvalue weighted by molar-refractivity contribution is -0.384. The molecule has 0 N–H and O–H groups in total. The van der Waals surface area contributed by atoms with Crippen molar-refractivity contribution in [2.45, 2.75) is 33.4 Å². The maximum absolute atomic E-state index is 11.8. The summed E-state index contributed by atoms with van der Waals surface area (Å²) < 4.78 is 7.05. The minimum Gasteiger partial charge on any atom is -0.454 e. The van der Waals surface area contributed by atoms with Gasteiger partial charge >= 0.3 is 5.97 Å². The number of rotatable bonds is 7. The van der Waals surface area contributed by atoms with Gasteiger partial charge in [0, 0.05) is 24.8 Å². The van der Waals surface area contributed by atoms with Gasteiger partial charge in [0.1, 0.15) is 5.82 Å². The van der Waals surface area contributed by atoms with Gasteiger partial charge in [0.25, 0.3) is 5.69 Å². The number of non-ortho nitro benzene ring substituents is 1. The van der Waals surface area contributed by atoms with Gasteiger partial charge in [-0.05, 0) is 25.0 Å². The van der Waals surface area contributed by atoms with Gasteiger partial charge in [-0.1, -0.05) is 19.1 Å². The summed E-state index contributed by atoms with van der Waals surface area (Å²) in [6.07, 6.45) is 3.62. The Morgan fingerprint density at radius 2 is 2.21 bits per heavy atom. The Morgan fingerprint density at radius 3 is 2.92 bits per heavy atom. The van der Waals surface area contributed by atoms with E-state index in [2.05, 4.69) is 10.2 Å². The first kappa shape index (κ1) is 17.3. The number of nitro groups is 1. The number of carbonyl (C=O) groups is 1. The Balaban J connectivity index is 1.96. The highest BCUT2D eigenvalue weighted by Crippen LogP contribution is 2.14. The minimum absolute atomic E-state index is 0.0267. The molecule has 0 atom stereocenters. The molecule has 0 fully saturated rings. The van der Waals surface area contributed by atoms with E-state index in [-0.39, 0.29) is 12.3 Å². The molecule has 0 saturated carbocycles. The molecule has 126 valence electrons. The van der Waals surface area contributed by atoms with Crippen LogP contribution in [0.2, 0.25) is 0 Å². The van der Waals surface area contributed by atoms with Crippen molar-refractivity contribution in [3.8, 4) is 0 Å². The van der Waals surface area contributed by atoms with Crippen LogP contribution in [0, 0.1) is 17.0 Å². The number of nitro benzene ring substituents is 1. The molecule has 1 aromatic carbocycles. The summed E-state index contributed by atoms with van der Waals surface area (Å²) in [5.74, 6) is 0.812. The number of nitrogens with zero attached hydrogens (tertiary/aromatic N) is 4. The Labute approximate surface area is 138 Å². The van der Waals surface area contributed by atoms with E-state index in [1.165, 1.54) is 24.3 Å². The first-order chi connectivity index (χ1) is 11.5. The van der Waals surface area contributed by atoms with Crippen molar-refractivity contribution < 1.29 is 14.5 Å². The fraction of sp³-hybridized carbons (Fsp3) is 0.312. The van der Waals surface area contributed by atoms with Crippen LogP contribution in [-0.2, 0) is 22.7 Å². The SMILES string of the molecule is CCCn1c(C)nnc1COC(=O)/C=C/c1cccc([N+](=O)[O-])c1. The number of aromatic nitrogens is 3. The Kier molecular flexibility index (Phi) is 5.78. The normalized spacial score (nSPS) is 10.9. The number of aryl methyl sites for hydroxylation is 1. The van der Waals surface area contributed by atoms with E-state index in [9.17, 15) is 14.9 Å². The summed E-state index contributed by atoms with van der Waals surface area (Å²) in [4.78, 5) is 22.0. The molecule has 8 heteroatoms. The molecule has 0 aliphatic rings. The molecular formula is C16H18N4O4. The van der Waals surface area contributed by atoms with Crippen molar-refractivity contribution in [3.63, 3.8) is 0 Å². The van der Waals surface area contributed by atoms with E-state index in [0.29, 0.717) is 11.4 Å². The number of esters is 1. The van der Waals surface area contributed by atoms with E-state index in [1.54, 1.807) is 12.1 Å². The molecule has 0 aliphatic heterocycles. The smallest absolute Gasteiger partial charge is 0.331 e. The van der Waals surface area contributed by atoms with E-state index < -0.39 is 10.9 Å². The highest BCUT2D eigenvalue weighted by Gasteiger charge is 2.10. The molecule has 1 aromatic heterocycles. The molecule has 0 radical (unpaired) electrons. The van der Waals surface area contributed by atoms with Crippen LogP contribution in [0.5, 0.6) is 0 Å². The van der Waals surface area contributed by atoms with Gasteiger partial charge in [-0.25, -0.2) is 4.79 Å². The largest absolute Gasteiger partial charge is 0.454 e. The Bertz CT molecular complexity index is 767. The fourth-order valence-corrected chi connectivity index (χ4v) is 2.14. The lowest BCUT2D eigenvalue weighted by Gasteiger charge is -2.06. The standard InChI is InChI=1S/C16H18N4O4/c1-3-9-19-12(2)17-18-15(19)11-24-16(21)8-7-13-5-4-6-14(10-13)20(22)23/h4-8,10H,3,9,11H2,1-2H3/b8-7+. The number of benzene rings is 1. The minimum atomic E-state index is -0.551. The van der Waals surface area contributed by atoms with Crippen LogP contribution < -0.4 is 0 Å². The molecule has 0 bridgehead atoms. The molecule has 2 aromatic rings. The zero-order valence-electron chi connectivity index (χ0n) is 13.5. The Morgan fingerprint density at radius 1 is 1.42 bits per heavy atom. The van der Waals surface area contributed by atoms with Crippen LogP contribution in [0.1, 0.15) is 30.6 Å². The molecule has 1 heterocycles. The molecule has 2 rings (SSSR count). The lowest BCUT2D eigenvalue weighted by atomic mass is 10.2. The fourth-order valence-electron chi connectivity index (χ4n) is 2.14. The summed E-state index contributed by atoms with van der Waals surface area (Å²) in [7, 11) is 0. The number of ether oxygens (including phenoxy) is 1. The average molecular weight is 330 g/mol. The van der Waals surface area contributed by atoms with Crippen molar-refractivity contribution >= 4 is 17.7 Å². The maximum Gasteiger partial charge on any atom is 0.331 e. The molecule has 8 nitrogen and oxygen atoms in total. The van der Waals surface area contributed by atoms with Gasteiger partial charge in [0.05, 0.1) is 4.92 Å². The van der Waals surface area contributed by atoms with Crippen molar-refractivity contribution in [3.05, 3.63) is 57.7 Å². The summed E-state index contributed by atoms with van der Waals surface area (Å²) in [5.41, 5.74) is 0.514. The first-order valence-corrected chi connectivity index (χ1v) is 7.49. The maximum atomic E-state index is 11.8. The van der Waals surface area contributed by atoms with Gasteiger partial charge < -0.3 is 9.30 Å². The van der Waals surface area contributed by atoms with Gasteiger partial charge in [-0.2, -0.15) is 0 Å². The third-order valence-corrected chi connectivity index (χ3v) is 3.30. The Hall–Kier alpha value is -3.03. The lowest BCUT2D eigenvalue weighted by Crippen LogP contribution is -2.09. The second kappa shape index (κ2) is 8.00. The van der Waals surface area contributed by atoms with Gasteiger partial charge in [0.15, 0.2) is 12.4 Å². The molecular weight excluding hydrogens is 312 g/mol. The molecule has 0 aliphatic carbocycles. The van der Waals surface area contributed by atoms with Crippen molar-refractivity contribution in [2.24, 2.45) is 0 Å². The first-order valence-electron chi connectivity index (χ1n) is 7.49. The molecule has 0 unspecified atom stereocenters. The molecule has 0 saturated heterocycles. The highest BCUT2D eigenvalue weighted by atomic mass is 16.6. The quantitative estimate of drug-likeness (QED) is 0.335. The summed E-state index contributed by atoms with van der Waals surface area (Å²) >= 11 is 0. The van der Waals surface area contributed by atoms with Crippen LogP contribution in [0.3, 0.4) is 0 Å². The summed E-state index contributed by atoms with van der Waals surface area (Å²) in [6, 6.07) is 5.99. The average Bonchev–Trinajstić information content (AvgIpc) is 2.92. The number of carbonyl (C=O) groups excluding carboxylic acids is 1. The molecule has 0 spiro atoms. The van der Waals surface area contributed by atoms with Crippen molar-refractivity contribution in [2.75, 3.05) is 0 Å². The van der Waals surface area contributed by atoms with E-state index >= 15 is 0 Å². The second-order valence-electron chi connectivity index (χ2n) is 5.11. The third-order valence-electron chi connectivity index (χ3n) is 3.30. The van der Waals surface area contributed by atoms with Crippen LogP contribution in [0.4, 0.5) is 5.69 Å². The predicted molar refractivity (Wildman–Crippen MR) is 87.0 cm³/mol. The van der Waals surface area contributed by atoms with Crippen LogP contribution >= 0.6 is 0 Å². The van der Waals surface area contributed by atoms with E-state index in [1.807, 2.05) is 18.4 Å². The van der Waals surface area contributed by atoms with E-state index in [4.69, 9.17) is 4.74 Å². The predicted octanol–water partition coefficient (Wildman–Crippen LogP) is 2.66. The van der Waals surface area contributed by atoms with Crippen LogP contribution in [0.15, 0.2) is 30.3 Å². The zero-order chi connectivity index (χ0) is 17.5. The van der Waals surface area contributed by atoms with E-state index in [0.717, 1.165) is 18.8 Å². The number of hydrogen-bond donors (Lipinski definition) is 0. The van der Waals surface area contributed by atoms with Crippen molar-refractivity contribution in [1.82, 2.24) is 14.8 Å². The highest BCUT2D eigenvalue weighted by molar-refractivity contribution is 5.87. The summed E-state index contributed by atoms with van der Waals surface area (Å²) in [6.45, 7) is 4.67. The molecule has 0 amide bonds. The molecule has 24 heavy (non-hydrogen) atoms. The zero-order valence-corrected chi connectivity index (χ0v) is 13.5. The monoisotopic (exact) mass is 330 g/mol. The van der Waals surface area contributed by atoms with Crippen molar-refractivity contribution in [1.29, 1.82) is 0 Å².